The van der Waals surface area contributed by atoms with Crippen molar-refractivity contribution in [2.24, 2.45) is 5.92 Å². The number of rotatable bonds is 9. The maximum Gasteiger partial charge on any atom is 0.316 e. The Balaban J connectivity index is 1.91. The fraction of sp³-hybridized carbons (Fsp3) is 0.600. The summed E-state index contributed by atoms with van der Waals surface area (Å²) in [5, 5.41) is 2.81. The summed E-state index contributed by atoms with van der Waals surface area (Å²) in [5.74, 6) is 0.874. The smallest absolute Gasteiger partial charge is 0.316 e. The minimum Gasteiger partial charge on any atom is -0.343 e. The van der Waals surface area contributed by atoms with Crippen molar-refractivity contribution < 1.29 is 14.4 Å². The van der Waals surface area contributed by atoms with E-state index < -0.39 is 0 Å². The van der Waals surface area contributed by atoms with Crippen molar-refractivity contribution in [2.45, 2.75) is 25.7 Å². The zero-order valence-corrected chi connectivity index (χ0v) is 17.5. The highest BCUT2D eigenvalue weighted by molar-refractivity contribution is 7.99. The van der Waals surface area contributed by atoms with Crippen LogP contribution in [0.3, 0.4) is 0 Å². The molecule has 1 atom stereocenters. The SMILES string of the molecule is CN(C)C(=O)NCCSCC(CC(=O)N1CCCCC1)C(=O)c1cccnc1. The minimum absolute atomic E-state index is 0.0386. The van der Waals surface area contributed by atoms with E-state index in [9.17, 15) is 14.4 Å². The van der Waals surface area contributed by atoms with Crippen LogP contribution in [-0.4, -0.2) is 77.7 Å². The molecule has 1 fully saturated rings. The van der Waals surface area contributed by atoms with Crippen molar-refractivity contribution >= 4 is 29.5 Å². The molecule has 0 saturated carbocycles. The van der Waals surface area contributed by atoms with Gasteiger partial charge in [0, 0.05) is 75.5 Å². The van der Waals surface area contributed by atoms with Gasteiger partial charge in [-0.15, -0.1) is 0 Å². The van der Waals surface area contributed by atoms with Gasteiger partial charge in [-0.3, -0.25) is 14.6 Å². The van der Waals surface area contributed by atoms with Crippen molar-refractivity contribution in [1.82, 2.24) is 20.1 Å². The highest BCUT2D eigenvalue weighted by atomic mass is 32.2. The van der Waals surface area contributed by atoms with E-state index in [2.05, 4.69) is 10.3 Å². The van der Waals surface area contributed by atoms with E-state index in [1.807, 2.05) is 4.90 Å². The molecule has 0 bridgehead atoms. The lowest BCUT2D eigenvalue weighted by molar-refractivity contribution is -0.132. The van der Waals surface area contributed by atoms with E-state index >= 15 is 0 Å². The zero-order valence-electron chi connectivity index (χ0n) is 16.7. The van der Waals surface area contributed by atoms with Gasteiger partial charge >= 0.3 is 6.03 Å². The summed E-state index contributed by atoms with van der Waals surface area (Å²) in [6, 6.07) is 3.35. The van der Waals surface area contributed by atoms with Gasteiger partial charge in [0.25, 0.3) is 0 Å². The molecule has 1 saturated heterocycles. The van der Waals surface area contributed by atoms with Crippen LogP contribution in [0.15, 0.2) is 24.5 Å². The number of thioether (sulfide) groups is 1. The molecule has 1 aliphatic rings. The number of nitrogens with one attached hydrogen (secondary N) is 1. The van der Waals surface area contributed by atoms with Crippen LogP contribution in [0.2, 0.25) is 0 Å². The van der Waals surface area contributed by atoms with E-state index in [-0.39, 0.29) is 30.1 Å². The first-order chi connectivity index (χ1) is 13.5. The normalized spacial score (nSPS) is 15.0. The fourth-order valence-electron chi connectivity index (χ4n) is 3.07. The van der Waals surface area contributed by atoms with E-state index in [1.165, 1.54) is 4.90 Å². The van der Waals surface area contributed by atoms with Crippen LogP contribution >= 0.6 is 11.8 Å². The van der Waals surface area contributed by atoms with Crippen molar-refractivity contribution in [3.05, 3.63) is 30.1 Å². The van der Waals surface area contributed by atoms with Crippen LogP contribution in [-0.2, 0) is 4.79 Å². The molecule has 1 aromatic rings. The number of ketones is 1. The van der Waals surface area contributed by atoms with Gasteiger partial charge in [0.15, 0.2) is 5.78 Å². The molecule has 3 amide bonds. The van der Waals surface area contributed by atoms with Crippen LogP contribution in [0.1, 0.15) is 36.0 Å². The van der Waals surface area contributed by atoms with Crippen molar-refractivity contribution in [3.63, 3.8) is 0 Å². The number of amides is 3. The highest BCUT2D eigenvalue weighted by Gasteiger charge is 2.26. The molecule has 1 unspecified atom stereocenters. The third kappa shape index (κ3) is 7.14. The van der Waals surface area contributed by atoms with Gasteiger partial charge in [-0.25, -0.2) is 4.79 Å². The van der Waals surface area contributed by atoms with Gasteiger partial charge in [-0.1, -0.05) is 0 Å². The summed E-state index contributed by atoms with van der Waals surface area (Å²) in [4.78, 5) is 44.5. The van der Waals surface area contributed by atoms with Crippen LogP contribution in [0.5, 0.6) is 0 Å². The third-order valence-electron chi connectivity index (χ3n) is 4.69. The van der Waals surface area contributed by atoms with E-state index in [1.54, 1.807) is 50.4 Å². The van der Waals surface area contributed by atoms with E-state index in [0.717, 1.165) is 32.4 Å². The third-order valence-corrected chi connectivity index (χ3v) is 5.83. The van der Waals surface area contributed by atoms with Crippen LogP contribution in [0, 0.1) is 5.92 Å². The first kappa shape index (κ1) is 22.2. The van der Waals surface area contributed by atoms with E-state index in [4.69, 9.17) is 0 Å². The van der Waals surface area contributed by atoms with Gasteiger partial charge in [0.2, 0.25) is 5.91 Å². The average Bonchev–Trinajstić information content (AvgIpc) is 2.73. The molecule has 1 aliphatic heterocycles. The molecular formula is C20H30N4O3S. The Hall–Kier alpha value is -2.09. The molecule has 7 nitrogen and oxygen atoms in total. The summed E-state index contributed by atoms with van der Waals surface area (Å²) in [6.07, 6.45) is 6.65. The Morgan fingerprint density at radius 3 is 2.64 bits per heavy atom. The van der Waals surface area contributed by atoms with Gasteiger partial charge in [-0.2, -0.15) is 11.8 Å². The Kier molecular flexibility index (Phi) is 9.27. The summed E-state index contributed by atoms with van der Waals surface area (Å²) in [7, 11) is 3.38. The quantitative estimate of drug-likeness (QED) is 0.503. The largest absolute Gasteiger partial charge is 0.343 e. The first-order valence-electron chi connectivity index (χ1n) is 9.74. The number of nitrogens with zero attached hydrogens (tertiary/aromatic N) is 3. The monoisotopic (exact) mass is 406 g/mol. The Labute approximate surface area is 171 Å². The number of piperidine rings is 1. The van der Waals surface area contributed by atoms with E-state index in [0.29, 0.717) is 23.6 Å². The first-order valence-corrected chi connectivity index (χ1v) is 10.9. The Morgan fingerprint density at radius 1 is 1.25 bits per heavy atom. The maximum absolute atomic E-state index is 12.9. The molecule has 1 N–H and O–H groups in total. The molecule has 1 aromatic heterocycles. The number of urea groups is 1. The number of hydrogen-bond donors (Lipinski definition) is 1. The van der Waals surface area contributed by atoms with Gasteiger partial charge < -0.3 is 15.1 Å². The predicted octanol–water partition coefficient (Wildman–Crippen LogP) is 2.29. The molecule has 0 radical (unpaired) electrons. The van der Waals surface area contributed by atoms with Gasteiger partial charge in [0.05, 0.1) is 0 Å². The van der Waals surface area contributed by atoms with Gasteiger partial charge in [-0.05, 0) is 31.4 Å². The topological polar surface area (TPSA) is 82.6 Å². The second kappa shape index (κ2) is 11.7. The highest BCUT2D eigenvalue weighted by Crippen LogP contribution is 2.20. The van der Waals surface area contributed by atoms with Crippen LogP contribution in [0.25, 0.3) is 0 Å². The molecule has 0 aromatic carbocycles. The second-order valence-electron chi connectivity index (χ2n) is 7.15. The lowest BCUT2D eigenvalue weighted by Crippen LogP contribution is -2.38. The molecule has 2 rings (SSSR count). The Bertz CT molecular complexity index is 648. The summed E-state index contributed by atoms with van der Waals surface area (Å²) in [6.45, 7) is 2.10. The predicted molar refractivity (Wildman–Crippen MR) is 112 cm³/mol. The lowest BCUT2D eigenvalue weighted by Gasteiger charge is -2.28. The summed E-state index contributed by atoms with van der Waals surface area (Å²) in [5.41, 5.74) is 0.542. The molecule has 28 heavy (non-hydrogen) atoms. The van der Waals surface area contributed by atoms with Crippen molar-refractivity contribution in [3.8, 4) is 0 Å². The Morgan fingerprint density at radius 2 is 2.00 bits per heavy atom. The second-order valence-corrected chi connectivity index (χ2v) is 8.30. The fourth-order valence-corrected chi connectivity index (χ4v) is 4.04. The maximum atomic E-state index is 12.9. The summed E-state index contributed by atoms with van der Waals surface area (Å²) < 4.78 is 0. The number of hydrogen-bond acceptors (Lipinski definition) is 5. The number of aromatic nitrogens is 1. The van der Waals surface area contributed by atoms with Crippen LogP contribution in [0.4, 0.5) is 4.79 Å². The zero-order chi connectivity index (χ0) is 20.4. The van der Waals surface area contributed by atoms with Crippen LogP contribution < -0.4 is 5.32 Å². The number of carbonyl (C=O) groups excluding carboxylic acids is 3. The standard InChI is InChI=1S/C20H30N4O3S/c1-23(2)20(27)22-9-12-28-15-17(19(26)16-7-6-8-21-14-16)13-18(25)24-10-4-3-5-11-24/h6-8,14,17H,3-5,9-13,15H2,1-2H3,(H,22,27). The van der Waals surface area contributed by atoms with Crippen molar-refractivity contribution in [1.29, 1.82) is 0 Å². The van der Waals surface area contributed by atoms with Gasteiger partial charge in [0.1, 0.15) is 0 Å². The number of carbonyl (C=O) groups is 3. The molecule has 0 spiro atoms. The average molecular weight is 407 g/mol. The summed E-state index contributed by atoms with van der Waals surface area (Å²) >= 11 is 1.58. The lowest BCUT2D eigenvalue weighted by atomic mass is 9.96. The molecular weight excluding hydrogens is 376 g/mol. The van der Waals surface area contributed by atoms with Crippen molar-refractivity contribution in [2.75, 3.05) is 45.2 Å². The molecule has 0 aliphatic carbocycles. The molecule has 2 heterocycles. The number of likely N-dealkylation sites (tertiary alicyclic amines) is 1. The number of pyridine rings is 1. The molecule has 8 heteroatoms. The number of Topliss-reactive ketones (excluding diaryl/α,β-unsaturated/α-hetero) is 1. The molecule has 154 valence electrons. The minimum atomic E-state index is -0.381.